The third-order valence-corrected chi connectivity index (χ3v) is 1.30. The molecule has 0 spiro atoms. The summed E-state index contributed by atoms with van der Waals surface area (Å²) in [5, 5.41) is 8.63. The second-order valence-corrected chi connectivity index (χ2v) is 3.49. The SMILES string of the molecule is CN(C)C.Cc1ccc(CO)cc1. The quantitative estimate of drug-likeness (QED) is 0.712. The number of hydrogen-bond acceptors (Lipinski definition) is 2. The van der Waals surface area contributed by atoms with Crippen LogP contribution in [0.15, 0.2) is 24.3 Å². The van der Waals surface area contributed by atoms with Gasteiger partial charge in [0.25, 0.3) is 0 Å². The molecule has 0 aliphatic carbocycles. The molecule has 0 heterocycles. The molecule has 1 rings (SSSR count). The van der Waals surface area contributed by atoms with Crippen molar-refractivity contribution in [1.82, 2.24) is 4.90 Å². The van der Waals surface area contributed by atoms with E-state index in [0.29, 0.717) is 0 Å². The van der Waals surface area contributed by atoms with Crippen molar-refractivity contribution in [1.29, 1.82) is 0 Å². The van der Waals surface area contributed by atoms with Gasteiger partial charge in [0, 0.05) is 0 Å². The molecule has 13 heavy (non-hydrogen) atoms. The molecule has 0 saturated carbocycles. The Hall–Kier alpha value is -0.860. The van der Waals surface area contributed by atoms with Gasteiger partial charge in [-0.25, -0.2) is 0 Å². The second kappa shape index (κ2) is 6.63. The summed E-state index contributed by atoms with van der Waals surface area (Å²) in [6.07, 6.45) is 0. The van der Waals surface area contributed by atoms with Crippen LogP contribution in [0.2, 0.25) is 0 Å². The van der Waals surface area contributed by atoms with Gasteiger partial charge in [-0.3, -0.25) is 0 Å². The zero-order valence-corrected chi connectivity index (χ0v) is 8.91. The minimum atomic E-state index is 0.139. The molecule has 0 aliphatic rings. The van der Waals surface area contributed by atoms with Crippen LogP contribution in [0.3, 0.4) is 0 Å². The molecule has 0 aromatic heterocycles. The molecular weight excluding hydrogens is 162 g/mol. The maximum Gasteiger partial charge on any atom is 0.0681 e. The Morgan fingerprint density at radius 2 is 1.46 bits per heavy atom. The van der Waals surface area contributed by atoms with Crippen LogP contribution >= 0.6 is 0 Å². The van der Waals surface area contributed by atoms with Gasteiger partial charge in [-0.2, -0.15) is 0 Å². The van der Waals surface area contributed by atoms with E-state index < -0.39 is 0 Å². The minimum Gasteiger partial charge on any atom is -0.392 e. The second-order valence-electron chi connectivity index (χ2n) is 3.49. The summed E-state index contributed by atoms with van der Waals surface area (Å²) in [6.45, 7) is 2.17. The molecule has 74 valence electrons. The van der Waals surface area contributed by atoms with Crippen LogP contribution in [0.25, 0.3) is 0 Å². The van der Waals surface area contributed by atoms with Gasteiger partial charge in [0.2, 0.25) is 0 Å². The molecule has 2 nitrogen and oxygen atoms in total. The summed E-state index contributed by atoms with van der Waals surface area (Å²) in [6, 6.07) is 7.84. The highest BCUT2D eigenvalue weighted by atomic mass is 16.3. The largest absolute Gasteiger partial charge is 0.392 e. The Balaban J connectivity index is 0.000000310. The standard InChI is InChI=1S/C8H10O.C3H9N/c1-7-2-4-8(6-9)5-3-7;1-4(2)3/h2-5,9H,6H2,1H3;1-3H3. The van der Waals surface area contributed by atoms with Crippen molar-refractivity contribution in [3.05, 3.63) is 35.4 Å². The first-order chi connectivity index (χ1) is 6.06. The summed E-state index contributed by atoms with van der Waals surface area (Å²) in [5.41, 5.74) is 2.20. The van der Waals surface area contributed by atoms with Crippen molar-refractivity contribution in [2.75, 3.05) is 21.1 Å². The highest BCUT2D eigenvalue weighted by Crippen LogP contribution is 2.01. The van der Waals surface area contributed by atoms with E-state index >= 15 is 0 Å². The first kappa shape index (κ1) is 12.1. The third kappa shape index (κ3) is 7.50. The molecule has 0 unspecified atom stereocenters. The average Bonchev–Trinajstić information content (AvgIpc) is 2.05. The Bertz CT molecular complexity index is 213. The van der Waals surface area contributed by atoms with Crippen molar-refractivity contribution in [3.63, 3.8) is 0 Å². The molecule has 0 atom stereocenters. The van der Waals surface area contributed by atoms with Gasteiger partial charge in [0.05, 0.1) is 6.61 Å². The van der Waals surface area contributed by atoms with Crippen LogP contribution in [-0.2, 0) is 6.61 Å². The minimum absolute atomic E-state index is 0.139. The van der Waals surface area contributed by atoms with Crippen molar-refractivity contribution >= 4 is 0 Å². The maximum atomic E-state index is 8.63. The highest BCUT2D eigenvalue weighted by Gasteiger charge is 1.85. The van der Waals surface area contributed by atoms with E-state index in [2.05, 4.69) is 0 Å². The van der Waals surface area contributed by atoms with Gasteiger partial charge in [-0.15, -0.1) is 0 Å². The van der Waals surface area contributed by atoms with Crippen molar-refractivity contribution in [2.24, 2.45) is 0 Å². The van der Waals surface area contributed by atoms with E-state index in [1.165, 1.54) is 5.56 Å². The molecule has 0 radical (unpaired) electrons. The van der Waals surface area contributed by atoms with Crippen LogP contribution in [0.5, 0.6) is 0 Å². The smallest absolute Gasteiger partial charge is 0.0681 e. The first-order valence-electron chi connectivity index (χ1n) is 4.33. The van der Waals surface area contributed by atoms with Gasteiger partial charge in [0.1, 0.15) is 0 Å². The van der Waals surface area contributed by atoms with Gasteiger partial charge in [-0.05, 0) is 33.6 Å². The van der Waals surface area contributed by atoms with Gasteiger partial charge in [0.15, 0.2) is 0 Å². The number of rotatable bonds is 1. The summed E-state index contributed by atoms with van der Waals surface area (Å²) < 4.78 is 0. The number of aryl methyl sites for hydroxylation is 1. The van der Waals surface area contributed by atoms with Gasteiger partial charge >= 0.3 is 0 Å². The molecule has 1 N–H and O–H groups in total. The Morgan fingerprint density at radius 3 is 1.77 bits per heavy atom. The van der Waals surface area contributed by atoms with Crippen molar-refractivity contribution < 1.29 is 5.11 Å². The topological polar surface area (TPSA) is 23.5 Å². The average molecular weight is 181 g/mol. The van der Waals surface area contributed by atoms with E-state index in [9.17, 15) is 0 Å². The Kier molecular flexibility index (Phi) is 6.20. The lowest BCUT2D eigenvalue weighted by molar-refractivity contribution is 0.282. The monoisotopic (exact) mass is 181 g/mol. The van der Waals surface area contributed by atoms with Crippen LogP contribution in [-0.4, -0.2) is 31.1 Å². The third-order valence-electron chi connectivity index (χ3n) is 1.30. The fraction of sp³-hybridized carbons (Fsp3) is 0.455. The van der Waals surface area contributed by atoms with Crippen LogP contribution in [0.1, 0.15) is 11.1 Å². The normalized spacial score (nSPS) is 9.38. The molecule has 0 bridgehead atoms. The molecule has 0 saturated heterocycles. The van der Waals surface area contributed by atoms with Gasteiger partial charge in [-0.1, -0.05) is 29.8 Å². The molecule has 1 aromatic carbocycles. The Morgan fingerprint density at radius 1 is 1.08 bits per heavy atom. The fourth-order valence-corrected chi connectivity index (χ4v) is 0.693. The highest BCUT2D eigenvalue weighted by molar-refractivity contribution is 5.20. The molecule has 0 aliphatic heterocycles. The molecule has 2 heteroatoms. The Labute approximate surface area is 80.8 Å². The van der Waals surface area contributed by atoms with Crippen LogP contribution in [0, 0.1) is 6.92 Å². The first-order valence-corrected chi connectivity index (χ1v) is 4.33. The summed E-state index contributed by atoms with van der Waals surface area (Å²) in [5.74, 6) is 0. The molecule has 0 fully saturated rings. The molecular formula is C11H19NO. The van der Waals surface area contributed by atoms with E-state index in [1.807, 2.05) is 57.2 Å². The van der Waals surface area contributed by atoms with Crippen LogP contribution in [0.4, 0.5) is 0 Å². The number of hydrogen-bond donors (Lipinski definition) is 1. The van der Waals surface area contributed by atoms with E-state index in [4.69, 9.17) is 5.11 Å². The van der Waals surface area contributed by atoms with E-state index in [0.717, 1.165) is 5.56 Å². The summed E-state index contributed by atoms with van der Waals surface area (Å²) in [4.78, 5) is 2.00. The zero-order valence-electron chi connectivity index (χ0n) is 8.91. The molecule has 0 amide bonds. The lowest BCUT2D eigenvalue weighted by Gasteiger charge is -1.93. The van der Waals surface area contributed by atoms with Crippen LogP contribution < -0.4 is 0 Å². The predicted molar refractivity (Wildman–Crippen MR) is 56.7 cm³/mol. The number of aliphatic hydroxyl groups is 1. The molecule has 1 aromatic rings. The van der Waals surface area contributed by atoms with Crippen molar-refractivity contribution in [3.8, 4) is 0 Å². The van der Waals surface area contributed by atoms with Gasteiger partial charge < -0.3 is 10.0 Å². The lowest BCUT2D eigenvalue weighted by Crippen LogP contribution is -1.99. The van der Waals surface area contributed by atoms with E-state index in [1.54, 1.807) is 0 Å². The lowest BCUT2D eigenvalue weighted by atomic mass is 10.2. The number of aliphatic hydroxyl groups excluding tert-OH is 1. The number of benzene rings is 1. The fourth-order valence-electron chi connectivity index (χ4n) is 0.693. The predicted octanol–water partition coefficient (Wildman–Crippen LogP) is 1.67. The summed E-state index contributed by atoms with van der Waals surface area (Å²) >= 11 is 0. The summed E-state index contributed by atoms with van der Waals surface area (Å²) in [7, 11) is 6.00. The maximum absolute atomic E-state index is 8.63. The zero-order chi connectivity index (χ0) is 10.3. The van der Waals surface area contributed by atoms with E-state index in [-0.39, 0.29) is 6.61 Å². The van der Waals surface area contributed by atoms with Crippen molar-refractivity contribution in [2.45, 2.75) is 13.5 Å². The number of nitrogens with zero attached hydrogens (tertiary/aromatic N) is 1.